The lowest BCUT2D eigenvalue weighted by Gasteiger charge is -2.08. The molecule has 156 valence electrons. The van der Waals surface area contributed by atoms with Crippen LogP contribution >= 0.6 is 34.5 Å². The fraction of sp³-hybridized carbons (Fsp3) is 0.368. The van der Waals surface area contributed by atoms with Crippen LogP contribution in [0, 0.1) is 6.92 Å². The highest BCUT2D eigenvalue weighted by atomic mass is 35.5. The molecule has 3 aromatic rings. The molecule has 6 nitrogen and oxygen atoms in total. The highest BCUT2D eigenvalue weighted by Crippen LogP contribution is 2.29. The lowest BCUT2D eigenvalue weighted by molar-refractivity contribution is 0.0985. The van der Waals surface area contributed by atoms with E-state index < -0.39 is 15.9 Å². The Kier molecular flexibility index (Phi) is 6.88. The van der Waals surface area contributed by atoms with Crippen LogP contribution in [0.2, 0.25) is 10.0 Å². The quantitative estimate of drug-likeness (QED) is 0.466. The smallest absolute Gasteiger partial charge is 0.274 e. The average molecular weight is 474 g/mol. The first-order chi connectivity index (χ1) is 13.7. The summed E-state index contributed by atoms with van der Waals surface area (Å²) in [6.07, 6.45) is 2.24. The number of unbranched alkanes of at least 4 members (excludes halogenated alkanes) is 2. The molecule has 29 heavy (non-hydrogen) atoms. The minimum atomic E-state index is -3.65. The molecule has 1 aromatic carbocycles. The molecule has 10 heteroatoms. The van der Waals surface area contributed by atoms with Gasteiger partial charge < -0.3 is 4.57 Å². The van der Waals surface area contributed by atoms with Crippen LogP contribution in [0.25, 0.3) is 10.3 Å². The molecule has 0 bridgehead atoms. The van der Waals surface area contributed by atoms with Crippen molar-refractivity contribution in [3.8, 4) is 0 Å². The molecule has 1 N–H and O–H groups in total. The van der Waals surface area contributed by atoms with Crippen LogP contribution in [-0.4, -0.2) is 29.6 Å². The van der Waals surface area contributed by atoms with Crippen LogP contribution < -0.4 is 4.72 Å². The number of imidazole rings is 1. The minimum Gasteiger partial charge on any atom is -0.315 e. The van der Waals surface area contributed by atoms with Gasteiger partial charge in [-0.2, -0.15) is 0 Å². The Labute approximate surface area is 183 Å². The van der Waals surface area contributed by atoms with Crippen molar-refractivity contribution in [1.82, 2.24) is 14.3 Å². The van der Waals surface area contributed by atoms with Gasteiger partial charge in [0.15, 0.2) is 0 Å². The van der Waals surface area contributed by atoms with Crippen LogP contribution in [-0.2, 0) is 16.6 Å². The highest BCUT2D eigenvalue weighted by molar-refractivity contribution is 7.90. The van der Waals surface area contributed by atoms with Crippen molar-refractivity contribution in [2.24, 2.45) is 0 Å². The largest absolute Gasteiger partial charge is 0.315 e. The van der Waals surface area contributed by atoms with E-state index in [1.807, 2.05) is 24.5 Å². The number of hydrogen-bond acceptors (Lipinski definition) is 5. The van der Waals surface area contributed by atoms with Gasteiger partial charge in [0.25, 0.3) is 5.91 Å². The summed E-state index contributed by atoms with van der Waals surface area (Å²) < 4.78 is 28.3. The number of nitrogens with zero attached hydrogens (tertiary/aromatic N) is 2. The van der Waals surface area contributed by atoms with Gasteiger partial charge in [0, 0.05) is 10.0 Å². The van der Waals surface area contributed by atoms with Crippen molar-refractivity contribution < 1.29 is 13.2 Å². The molecule has 0 aliphatic heterocycles. The molecule has 0 spiro atoms. The van der Waals surface area contributed by atoms with Crippen molar-refractivity contribution in [2.45, 2.75) is 39.7 Å². The molecule has 0 radical (unpaired) electrons. The van der Waals surface area contributed by atoms with E-state index in [4.69, 9.17) is 23.2 Å². The van der Waals surface area contributed by atoms with Crippen molar-refractivity contribution in [2.75, 3.05) is 5.75 Å². The first kappa shape index (κ1) is 22.1. The Morgan fingerprint density at radius 2 is 2.00 bits per heavy atom. The van der Waals surface area contributed by atoms with Gasteiger partial charge in [-0.15, -0.1) is 11.3 Å². The number of sulfonamides is 1. The van der Waals surface area contributed by atoms with E-state index in [0.717, 1.165) is 29.1 Å². The second-order valence-corrected chi connectivity index (χ2v) is 10.5. The predicted molar refractivity (Wildman–Crippen MR) is 119 cm³/mol. The van der Waals surface area contributed by atoms with Gasteiger partial charge in [-0.3, -0.25) is 4.79 Å². The fourth-order valence-electron chi connectivity index (χ4n) is 2.93. The lowest BCUT2D eigenvalue weighted by Crippen LogP contribution is -2.32. The Morgan fingerprint density at radius 1 is 1.24 bits per heavy atom. The minimum absolute atomic E-state index is 0.0594. The van der Waals surface area contributed by atoms with Gasteiger partial charge in [0.1, 0.15) is 16.2 Å². The van der Waals surface area contributed by atoms with E-state index in [-0.39, 0.29) is 5.75 Å². The van der Waals surface area contributed by atoms with E-state index in [1.54, 1.807) is 18.2 Å². The van der Waals surface area contributed by atoms with Crippen LogP contribution in [0.4, 0.5) is 0 Å². The molecule has 0 fully saturated rings. The summed E-state index contributed by atoms with van der Waals surface area (Å²) in [7, 11) is -3.65. The molecule has 2 heterocycles. The summed E-state index contributed by atoms with van der Waals surface area (Å²) in [5.74, 6) is 0.0884. The third kappa shape index (κ3) is 5.31. The molecule has 0 atom stereocenters. The highest BCUT2D eigenvalue weighted by Gasteiger charge is 2.20. The monoisotopic (exact) mass is 473 g/mol. The van der Waals surface area contributed by atoms with Crippen molar-refractivity contribution in [3.63, 3.8) is 0 Å². The molecule has 0 aliphatic rings. The number of fused-ring (bicyclic) bond motifs is 1. The van der Waals surface area contributed by atoms with Crippen LogP contribution in [0.15, 0.2) is 24.3 Å². The van der Waals surface area contributed by atoms with E-state index in [0.29, 0.717) is 33.4 Å². The summed E-state index contributed by atoms with van der Waals surface area (Å²) in [6, 6.07) is 6.91. The van der Waals surface area contributed by atoms with Gasteiger partial charge in [0.05, 0.1) is 17.2 Å². The Balaban J connectivity index is 1.83. The molecule has 0 saturated heterocycles. The number of halogens is 2. The Hall–Kier alpha value is -1.61. The maximum Gasteiger partial charge on any atom is 0.274 e. The Morgan fingerprint density at radius 3 is 2.69 bits per heavy atom. The fourth-order valence-corrected chi connectivity index (χ4v) is 5.58. The summed E-state index contributed by atoms with van der Waals surface area (Å²) >= 11 is 13.5. The third-order valence-electron chi connectivity index (χ3n) is 4.44. The van der Waals surface area contributed by atoms with Gasteiger partial charge >= 0.3 is 0 Å². The van der Waals surface area contributed by atoms with Crippen LogP contribution in [0.3, 0.4) is 0 Å². The van der Waals surface area contributed by atoms with Crippen molar-refractivity contribution >= 4 is 60.8 Å². The first-order valence-corrected chi connectivity index (χ1v) is 12.4. The molecular formula is C19H21Cl2N3O3S2. The number of thiophene rings is 1. The maximum absolute atomic E-state index is 12.5. The number of rotatable bonds is 8. The lowest BCUT2D eigenvalue weighted by atomic mass is 10.2. The number of aromatic nitrogens is 2. The second kappa shape index (κ2) is 9.04. The zero-order valence-electron chi connectivity index (χ0n) is 16.0. The molecule has 0 unspecified atom stereocenters. The van der Waals surface area contributed by atoms with Gasteiger partial charge in [-0.05, 0) is 37.1 Å². The van der Waals surface area contributed by atoms with Crippen molar-refractivity contribution in [3.05, 3.63) is 50.6 Å². The van der Waals surface area contributed by atoms with Gasteiger partial charge in [-0.1, -0.05) is 49.0 Å². The average Bonchev–Trinajstić information content (AvgIpc) is 3.15. The second-order valence-electron chi connectivity index (χ2n) is 6.74. The first-order valence-electron chi connectivity index (χ1n) is 9.15. The predicted octanol–water partition coefficient (Wildman–Crippen LogP) is 5.01. The number of nitrogens with one attached hydrogen (secondary N) is 1. The van der Waals surface area contributed by atoms with Crippen molar-refractivity contribution in [1.29, 1.82) is 0 Å². The topological polar surface area (TPSA) is 81.1 Å². The molecule has 2 aromatic heterocycles. The number of aryl methyl sites for hydroxylation is 1. The normalized spacial score (nSPS) is 11.9. The standard InChI is InChI=1S/C19H21Cl2N3O3S2/c1-3-4-5-8-29(26,27)23-18(25)17-10-16-19(28-17)24(12(2)22-16)11-13-6-7-14(20)9-15(13)21/h6-7,9-10H,3-5,8,11H2,1-2H3,(H,23,25). The number of benzene rings is 1. The molecule has 0 saturated carbocycles. The van der Waals surface area contributed by atoms with E-state index in [1.165, 1.54) is 11.3 Å². The zero-order chi connectivity index (χ0) is 21.2. The summed E-state index contributed by atoms with van der Waals surface area (Å²) in [5.41, 5.74) is 1.52. The molecule has 0 aliphatic carbocycles. The van der Waals surface area contributed by atoms with Gasteiger partial charge in [0.2, 0.25) is 10.0 Å². The van der Waals surface area contributed by atoms with Crippen LogP contribution in [0.1, 0.15) is 47.2 Å². The summed E-state index contributed by atoms with van der Waals surface area (Å²) in [5, 5.41) is 1.10. The third-order valence-corrected chi connectivity index (χ3v) is 7.50. The summed E-state index contributed by atoms with van der Waals surface area (Å²) in [4.78, 5) is 18.0. The maximum atomic E-state index is 12.5. The molecular weight excluding hydrogens is 453 g/mol. The number of hydrogen-bond donors (Lipinski definition) is 1. The zero-order valence-corrected chi connectivity index (χ0v) is 19.2. The number of carbonyl (C=O) groups excluding carboxylic acids is 1. The molecule has 1 amide bonds. The Bertz CT molecular complexity index is 1150. The summed E-state index contributed by atoms with van der Waals surface area (Å²) in [6.45, 7) is 4.33. The van der Waals surface area contributed by atoms with E-state index >= 15 is 0 Å². The number of amides is 1. The number of carbonyl (C=O) groups is 1. The van der Waals surface area contributed by atoms with E-state index in [2.05, 4.69) is 9.71 Å². The molecule has 3 rings (SSSR count). The van der Waals surface area contributed by atoms with Crippen LogP contribution in [0.5, 0.6) is 0 Å². The van der Waals surface area contributed by atoms with E-state index in [9.17, 15) is 13.2 Å². The van der Waals surface area contributed by atoms with Gasteiger partial charge in [-0.25, -0.2) is 18.1 Å². The SMILES string of the molecule is CCCCCS(=O)(=O)NC(=O)c1cc2nc(C)n(Cc3ccc(Cl)cc3Cl)c2s1.